The predicted octanol–water partition coefficient (Wildman–Crippen LogP) is 3.08. The van der Waals surface area contributed by atoms with Gasteiger partial charge in [0.05, 0.1) is 12.1 Å². The number of amides is 1. The summed E-state index contributed by atoms with van der Waals surface area (Å²) >= 11 is 0. The first-order valence-corrected chi connectivity index (χ1v) is 11.0. The molecular formula is C23H31N5O3. The van der Waals surface area contributed by atoms with Crippen LogP contribution in [0.5, 0.6) is 0 Å². The largest absolute Gasteiger partial charge is 0.419 e. The van der Waals surface area contributed by atoms with Gasteiger partial charge in [-0.15, -0.1) is 10.2 Å². The lowest BCUT2D eigenvalue weighted by molar-refractivity contribution is -0.121. The number of piperidine rings is 1. The number of ether oxygens (including phenoxy) is 1. The highest BCUT2D eigenvalue weighted by Gasteiger charge is 2.20. The zero-order valence-electron chi connectivity index (χ0n) is 18.3. The molecule has 1 saturated heterocycles. The summed E-state index contributed by atoms with van der Waals surface area (Å²) in [5.41, 5.74) is 1.82. The van der Waals surface area contributed by atoms with Gasteiger partial charge in [0, 0.05) is 37.4 Å². The summed E-state index contributed by atoms with van der Waals surface area (Å²) in [6.07, 6.45) is 5.14. The van der Waals surface area contributed by atoms with Crippen molar-refractivity contribution < 1.29 is 13.9 Å². The molecule has 0 unspecified atom stereocenters. The van der Waals surface area contributed by atoms with E-state index in [1.807, 2.05) is 35.0 Å². The lowest BCUT2D eigenvalue weighted by Crippen LogP contribution is -2.32. The van der Waals surface area contributed by atoms with Gasteiger partial charge in [-0.25, -0.2) is 0 Å². The van der Waals surface area contributed by atoms with E-state index in [1.54, 1.807) is 7.11 Å². The van der Waals surface area contributed by atoms with Crippen LogP contribution in [0.2, 0.25) is 0 Å². The van der Waals surface area contributed by atoms with Crippen molar-refractivity contribution in [2.45, 2.75) is 39.3 Å². The zero-order valence-corrected chi connectivity index (χ0v) is 18.3. The van der Waals surface area contributed by atoms with E-state index >= 15 is 0 Å². The molecule has 1 aromatic carbocycles. The Hall–Kier alpha value is -2.71. The molecule has 1 aliphatic rings. The number of hydrogen-bond donors (Lipinski definition) is 1. The molecule has 166 valence electrons. The second-order valence-electron chi connectivity index (χ2n) is 8.34. The molecule has 0 saturated carbocycles. The van der Waals surface area contributed by atoms with Gasteiger partial charge in [-0.1, -0.05) is 25.1 Å². The number of nitrogens with one attached hydrogen (secondary N) is 1. The van der Waals surface area contributed by atoms with Crippen molar-refractivity contribution in [2.75, 3.05) is 33.4 Å². The van der Waals surface area contributed by atoms with Gasteiger partial charge in [0.1, 0.15) is 6.54 Å². The van der Waals surface area contributed by atoms with Crippen molar-refractivity contribution in [1.29, 1.82) is 0 Å². The van der Waals surface area contributed by atoms with Crippen LogP contribution < -0.4 is 5.32 Å². The maximum atomic E-state index is 12.4. The second-order valence-corrected chi connectivity index (χ2v) is 8.34. The predicted molar refractivity (Wildman–Crippen MR) is 118 cm³/mol. The van der Waals surface area contributed by atoms with Gasteiger partial charge in [0.25, 0.3) is 0 Å². The molecule has 1 N–H and O–H groups in total. The van der Waals surface area contributed by atoms with Gasteiger partial charge in [-0.2, -0.15) is 0 Å². The van der Waals surface area contributed by atoms with Crippen molar-refractivity contribution in [1.82, 2.24) is 25.0 Å². The molecule has 8 heteroatoms. The first-order valence-electron chi connectivity index (χ1n) is 11.0. The van der Waals surface area contributed by atoms with E-state index in [-0.39, 0.29) is 12.5 Å². The third-order valence-corrected chi connectivity index (χ3v) is 5.88. The molecule has 0 aliphatic carbocycles. The number of likely N-dealkylation sites (tertiary alicyclic amines) is 1. The molecule has 0 radical (unpaired) electrons. The van der Waals surface area contributed by atoms with Crippen LogP contribution in [-0.4, -0.2) is 58.9 Å². The van der Waals surface area contributed by atoms with Gasteiger partial charge in [0.2, 0.25) is 17.7 Å². The van der Waals surface area contributed by atoms with E-state index in [1.165, 1.54) is 12.8 Å². The maximum absolute atomic E-state index is 12.4. The average Bonchev–Trinajstić information content (AvgIpc) is 3.38. The van der Waals surface area contributed by atoms with Crippen molar-refractivity contribution in [3.63, 3.8) is 0 Å². The Morgan fingerprint density at radius 2 is 2.06 bits per heavy atom. The second kappa shape index (κ2) is 10.1. The molecule has 31 heavy (non-hydrogen) atoms. The van der Waals surface area contributed by atoms with E-state index in [2.05, 4.69) is 27.3 Å². The van der Waals surface area contributed by atoms with E-state index in [4.69, 9.17) is 9.15 Å². The fraction of sp³-hybridized carbons (Fsp3) is 0.522. The molecule has 1 fully saturated rings. The summed E-state index contributed by atoms with van der Waals surface area (Å²) in [5.74, 6) is 1.89. The fourth-order valence-corrected chi connectivity index (χ4v) is 4.04. The standard InChI is InChI=1S/C23H31N5O3/c1-17-8-11-27(12-9-17)16-22-25-26-23(31-22)19-14-28(20-7-4-3-6-18(19)20)15-21(29)24-10-5-13-30-2/h3-4,6-7,14,17H,5,8-13,15-16H2,1-2H3,(H,24,29). The lowest BCUT2D eigenvalue weighted by Gasteiger charge is -2.28. The molecule has 4 rings (SSSR count). The molecular weight excluding hydrogens is 394 g/mol. The minimum atomic E-state index is -0.0334. The summed E-state index contributed by atoms with van der Waals surface area (Å²) in [4.78, 5) is 14.8. The molecule has 0 bridgehead atoms. The Balaban J connectivity index is 1.48. The molecule has 1 aliphatic heterocycles. The minimum absolute atomic E-state index is 0.0334. The van der Waals surface area contributed by atoms with Gasteiger partial charge >= 0.3 is 0 Å². The first kappa shape index (κ1) is 21.5. The molecule has 2 aromatic heterocycles. The van der Waals surface area contributed by atoms with Crippen molar-refractivity contribution in [3.8, 4) is 11.5 Å². The topological polar surface area (TPSA) is 85.4 Å². The SMILES string of the molecule is COCCCNC(=O)Cn1cc(-c2nnc(CN3CCC(C)CC3)o2)c2ccccc21. The smallest absolute Gasteiger partial charge is 0.249 e. The van der Waals surface area contributed by atoms with Crippen LogP contribution in [0, 0.1) is 5.92 Å². The number of carbonyl (C=O) groups is 1. The summed E-state index contributed by atoms with van der Waals surface area (Å²) in [6, 6.07) is 7.97. The summed E-state index contributed by atoms with van der Waals surface area (Å²) < 4.78 is 13.0. The molecule has 0 spiro atoms. The highest BCUT2D eigenvalue weighted by atomic mass is 16.5. The summed E-state index contributed by atoms with van der Waals surface area (Å²) in [6.45, 7) is 6.59. The average molecular weight is 426 g/mol. The van der Waals surface area contributed by atoms with E-state index in [9.17, 15) is 4.79 Å². The van der Waals surface area contributed by atoms with Crippen LogP contribution in [0.15, 0.2) is 34.9 Å². The number of para-hydroxylation sites is 1. The van der Waals surface area contributed by atoms with Crippen LogP contribution in [0.25, 0.3) is 22.4 Å². The quantitative estimate of drug-likeness (QED) is 0.531. The van der Waals surface area contributed by atoms with Crippen LogP contribution in [0.3, 0.4) is 0 Å². The fourth-order valence-electron chi connectivity index (χ4n) is 4.04. The Bertz CT molecular complexity index is 1000. The molecule has 8 nitrogen and oxygen atoms in total. The van der Waals surface area contributed by atoms with Crippen molar-refractivity contribution in [2.24, 2.45) is 5.92 Å². The van der Waals surface area contributed by atoms with Crippen LogP contribution in [0.4, 0.5) is 0 Å². The minimum Gasteiger partial charge on any atom is -0.419 e. The van der Waals surface area contributed by atoms with E-state index < -0.39 is 0 Å². The van der Waals surface area contributed by atoms with Gasteiger partial charge < -0.3 is 19.0 Å². The zero-order chi connectivity index (χ0) is 21.6. The Morgan fingerprint density at radius 3 is 2.87 bits per heavy atom. The number of rotatable bonds is 9. The first-order chi connectivity index (χ1) is 15.1. The van der Waals surface area contributed by atoms with Crippen LogP contribution in [-0.2, 0) is 22.6 Å². The van der Waals surface area contributed by atoms with E-state index in [0.717, 1.165) is 41.9 Å². The van der Waals surface area contributed by atoms with E-state index in [0.29, 0.717) is 31.5 Å². The van der Waals surface area contributed by atoms with Gasteiger partial charge in [0.15, 0.2) is 0 Å². The monoisotopic (exact) mass is 425 g/mol. The van der Waals surface area contributed by atoms with Gasteiger partial charge in [-0.05, 0) is 44.3 Å². The third-order valence-electron chi connectivity index (χ3n) is 5.88. The number of fused-ring (bicyclic) bond motifs is 1. The third kappa shape index (κ3) is 5.32. The number of methoxy groups -OCH3 is 1. The summed E-state index contributed by atoms with van der Waals surface area (Å²) in [7, 11) is 1.66. The molecule has 3 heterocycles. The number of carbonyl (C=O) groups excluding carboxylic acids is 1. The van der Waals surface area contributed by atoms with Crippen molar-refractivity contribution in [3.05, 3.63) is 36.4 Å². The van der Waals surface area contributed by atoms with Crippen LogP contribution in [0.1, 0.15) is 32.1 Å². The molecule has 3 aromatic rings. The summed E-state index contributed by atoms with van der Waals surface area (Å²) in [5, 5.41) is 12.5. The normalized spacial score (nSPS) is 15.5. The number of hydrogen-bond acceptors (Lipinski definition) is 6. The maximum Gasteiger partial charge on any atom is 0.249 e. The van der Waals surface area contributed by atoms with Crippen molar-refractivity contribution >= 4 is 16.8 Å². The Labute approximate surface area is 182 Å². The van der Waals surface area contributed by atoms with Gasteiger partial charge in [-0.3, -0.25) is 9.69 Å². The Morgan fingerprint density at radius 1 is 1.26 bits per heavy atom. The molecule has 0 atom stereocenters. The van der Waals surface area contributed by atoms with Crippen LogP contribution >= 0.6 is 0 Å². The Kier molecular flexibility index (Phi) is 6.99. The number of benzene rings is 1. The number of nitrogens with zero attached hydrogens (tertiary/aromatic N) is 4. The number of aromatic nitrogens is 3. The highest BCUT2D eigenvalue weighted by Crippen LogP contribution is 2.30. The molecule has 1 amide bonds. The lowest BCUT2D eigenvalue weighted by atomic mass is 9.99. The highest BCUT2D eigenvalue weighted by molar-refractivity contribution is 5.94.